The van der Waals surface area contributed by atoms with Gasteiger partial charge in [-0.1, -0.05) is 12.1 Å². The number of quaternary nitrogens is 1. The minimum atomic E-state index is -0.529. The molecular formula is C13H20N3O2S+. The van der Waals surface area contributed by atoms with Crippen molar-refractivity contribution in [2.75, 3.05) is 26.4 Å². The van der Waals surface area contributed by atoms with Crippen LogP contribution in [0, 0.1) is 0 Å². The molecule has 1 unspecified atom stereocenters. The molecule has 1 aromatic carbocycles. The van der Waals surface area contributed by atoms with Gasteiger partial charge in [-0.2, -0.15) is 0 Å². The molecule has 6 heteroatoms. The van der Waals surface area contributed by atoms with Crippen LogP contribution in [0.25, 0.3) is 0 Å². The van der Waals surface area contributed by atoms with Crippen molar-refractivity contribution in [2.24, 2.45) is 5.73 Å². The highest BCUT2D eigenvalue weighted by Crippen LogP contribution is 2.14. The molecule has 0 saturated carbocycles. The van der Waals surface area contributed by atoms with E-state index >= 15 is 0 Å². The number of likely N-dealkylation sites (N-methyl/N-ethyl adjacent to an activating group) is 1. The van der Waals surface area contributed by atoms with E-state index in [0.717, 1.165) is 11.4 Å². The zero-order valence-electron chi connectivity index (χ0n) is 11.2. The van der Waals surface area contributed by atoms with Crippen molar-refractivity contribution in [2.45, 2.75) is 11.4 Å². The second-order valence-electron chi connectivity index (χ2n) is 4.40. The summed E-state index contributed by atoms with van der Waals surface area (Å²) in [7, 11) is 1.94. The molecular weight excluding hydrogens is 262 g/mol. The van der Waals surface area contributed by atoms with E-state index in [0.29, 0.717) is 6.54 Å². The number of nitrogens with one attached hydrogen (secondary N) is 2. The summed E-state index contributed by atoms with van der Waals surface area (Å²) in [6.07, 6.45) is 2.04. The van der Waals surface area contributed by atoms with Crippen molar-refractivity contribution in [3.8, 4) is 0 Å². The van der Waals surface area contributed by atoms with Gasteiger partial charge in [0.05, 0.1) is 13.6 Å². The lowest BCUT2D eigenvalue weighted by atomic mass is 10.2. The lowest BCUT2D eigenvalue weighted by Gasteiger charge is -2.13. The van der Waals surface area contributed by atoms with Gasteiger partial charge in [0.2, 0.25) is 5.91 Å². The Morgan fingerprint density at radius 2 is 1.95 bits per heavy atom. The van der Waals surface area contributed by atoms with Gasteiger partial charge in [0, 0.05) is 10.5 Å². The third-order valence-corrected chi connectivity index (χ3v) is 3.33. The number of primary amides is 1. The average Bonchev–Trinajstić information content (AvgIpc) is 2.37. The van der Waals surface area contributed by atoms with Crippen LogP contribution in [0.4, 0.5) is 0 Å². The summed E-state index contributed by atoms with van der Waals surface area (Å²) in [5, 5.41) is 2.48. The zero-order valence-corrected chi connectivity index (χ0v) is 12.0. The Kier molecular flexibility index (Phi) is 6.38. The molecule has 0 aliphatic heterocycles. The predicted molar refractivity (Wildman–Crippen MR) is 75.9 cm³/mol. The lowest BCUT2D eigenvalue weighted by molar-refractivity contribution is -0.885. The Morgan fingerprint density at radius 1 is 1.32 bits per heavy atom. The third kappa shape index (κ3) is 6.26. The quantitative estimate of drug-likeness (QED) is 0.563. The molecule has 104 valence electrons. The molecule has 4 N–H and O–H groups in total. The maximum Gasteiger partial charge on any atom is 0.275 e. The van der Waals surface area contributed by atoms with Gasteiger partial charge in [-0.25, -0.2) is 0 Å². The van der Waals surface area contributed by atoms with Crippen LogP contribution < -0.4 is 16.0 Å². The van der Waals surface area contributed by atoms with Crippen LogP contribution in [-0.4, -0.2) is 38.2 Å². The minimum Gasteiger partial charge on any atom is -0.368 e. The molecule has 19 heavy (non-hydrogen) atoms. The summed E-state index contributed by atoms with van der Waals surface area (Å²) in [6.45, 7) is 0.977. The average molecular weight is 282 g/mol. The van der Waals surface area contributed by atoms with Crippen LogP contribution >= 0.6 is 11.8 Å². The van der Waals surface area contributed by atoms with Crippen molar-refractivity contribution in [3.05, 3.63) is 29.8 Å². The molecule has 5 nitrogen and oxygen atoms in total. The van der Waals surface area contributed by atoms with E-state index in [1.165, 1.54) is 10.5 Å². The predicted octanol–water partition coefficient (Wildman–Crippen LogP) is -0.975. The molecule has 1 rings (SSSR count). The van der Waals surface area contributed by atoms with Crippen LogP contribution in [0.15, 0.2) is 29.2 Å². The molecule has 0 spiro atoms. The van der Waals surface area contributed by atoms with E-state index < -0.39 is 5.91 Å². The molecule has 0 bridgehead atoms. The Morgan fingerprint density at radius 3 is 2.47 bits per heavy atom. The number of hydrogen-bond donors (Lipinski definition) is 3. The van der Waals surface area contributed by atoms with Crippen molar-refractivity contribution >= 4 is 23.6 Å². The second-order valence-corrected chi connectivity index (χ2v) is 5.28. The molecule has 2 amide bonds. The summed E-state index contributed by atoms with van der Waals surface area (Å²) in [5.41, 5.74) is 6.14. The smallest absolute Gasteiger partial charge is 0.275 e. The van der Waals surface area contributed by atoms with Crippen LogP contribution in [0.3, 0.4) is 0 Å². The third-order valence-electron chi connectivity index (χ3n) is 2.59. The zero-order chi connectivity index (χ0) is 14.3. The van der Waals surface area contributed by atoms with Crippen molar-refractivity contribution in [1.29, 1.82) is 0 Å². The van der Waals surface area contributed by atoms with E-state index in [1.54, 1.807) is 11.8 Å². The fraction of sp³-hybridized carbons (Fsp3) is 0.385. The number of nitrogens with two attached hydrogens (primary N) is 1. The number of hydrogen-bond acceptors (Lipinski definition) is 3. The Labute approximate surface area is 117 Å². The summed E-state index contributed by atoms with van der Waals surface area (Å²) in [6, 6.07) is 8.27. The van der Waals surface area contributed by atoms with Crippen LogP contribution in [0.1, 0.15) is 5.56 Å². The molecule has 0 fully saturated rings. The first-order valence-corrected chi connectivity index (χ1v) is 7.23. The highest BCUT2D eigenvalue weighted by Gasteiger charge is 2.10. The van der Waals surface area contributed by atoms with Crippen LogP contribution in [-0.2, 0) is 16.1 Å². The number of rotatable bonds is 7. The van der Waals surface area contributed by atoms with Gasteiger partial charge in [0.15, 0.2) is 6.54 Å². The Balaban J connectivity index is 2.39. The van der Waals surface area contributed by atoms with Crippen molar-refractivity contribution in [3.63, 3.8) is 0 Å². The van der Waals surface area contributed by atoms with Gasteiger partial charge in [-0.05, 0) is 18.4 Å². The van der Waals surface area contributed by atoms with Crippen LogP contribution in [0.2, 0.25) is 0 Å². The van der Waals surface area contributed by atoms with Crippen molar-refractivity contribution < 1.29 is 14.5 Å². The van der Waals surface area contributed by atoms with Gasteiger partial charge in [0.25, 0.3) is 5.91 Å². The number of carbonyl (C=O) groups is 2. The topological polar surface area (TPSA) is 76.6 Å². The van der Waals surface area contributed by atoms with Gasteiger partial charge in [-0.15, -0.1) is 11.8 Å². The standard InChI is InChI=1S/C13H19N3O2S/c1-16(9-13(18)15-7-12(14)17)8-10-3-5-11(19-2)6-4-10/h3-6H,7-9H2,1-2H3,(H2,14,17)(H,15,18)/p+1. The monoisotopic (exact) mass is 282 g/mol. The fourth-order valence-corrected chi connectivity index (χ4v) is 2.08. The molecule has 0 aliphatic rings. The lowest BCUT2D eigenvalue weighted by Crippen LogP contribution is -3.08. The fourth-order valence-electron chi connectivity index (χ4n) is 1.68. The maximum atomic E-state index is 11.5. The highest BCUT2D eigenvalue weighted by molar-refractivity contribution is 7.98. The Hall–Kier alpha value is -1.53. The number of amides is 2. The molecule has 0 aliphatic carbocycles. The summed E-state index contributed by atoms with van der Waals surface area (Å²) < 4.78 is 0. The molecule has 0 saturated heterocycles. The molecule has 1 aromatic rings. The van der Waals surface area contributed by atoms with Crippen molar-refractivity contribution in [1.82, 2.24) is 5.32 Å². The number of benzene rings is 1. The summed E-state index contributed by atoms with van der Waals surface area (Å²) in [5.74, 6) is -0.698. The first-order chi connectivity index (χ1) is 9.01. The van der Waals surface area contributed by atoms with Crippen LogP contribution in [0.5, 0.6) is 0 Å². The van der Waals surface area contributed by atoms with Gasteiger partial charge < -0.3 is 16.0 Å². The second kappa shape index (κ2) is 7.81. The van der Waals surface area contributed by atoms with Gasteiger partial charge >= 0.3 is 0 Å². The largest absolute Gasteiger partial charge is 0.368 e. The van der Waals surface area contributed by atoms with E-state index in [1.807, 2.05) is 13.3 Å². The summed E-state index contributed by atoms with van der Waals surface area (Å²) >= 11 is 1.70. The number of carbonyl (C=O) groups excluding carboxylic acids is 2. The SMILES string of the molecule is CSc1ccc(C[NH+](C)CC(=O)NCC(N)=O)cc1. The molecule has 0 aromatic heterocycles. The first-order valence-electron chi connectivity index (χ1n) is 6.00. The van der Waals surface area contributed by atoms with E-state index in [2.05, 4.69) is 29.6 Å². The maximum absolute atomic E-state index is 11.5. The molecule has 0 heterocycles. The molecule has 1 atom stereocenters. The molecule has 0 radical (unpaired) electrons. The normalized spacial score (nSPS) is 11.9. The van der Waals surface area contributed by atoms with Gasteiger partial charge in [0.1, 0.15) is 6.54 Å². The van der Waals surface area contributed by atoms with Gasteiger partial charge in [-0.3, -0.25) is 9.59 Å². The first kappa shape index (κ1) is 15.5. The van der Waals surface area contributed by atoms with E-state index in [9.17, 15) is 9.59 Å². The van der Waals surface area contributed by atoms with E-state index in [4.69, 9.17) is 5.73 Å². The Bertz CT molecular complexity index is 434. The summed E-state index contributed by atoms with van der Waals surface area (Å²) in [4.78, 5) is 24.3. The van der Waals surface area contributed by atoms with E-state index in [-0.39, 0.29) is 12.5 Å². The highest BCUT2D eigenvalue weighted by atomic mass is 32.2. The minimum absolute atomic E-state index is 0.103. The number of thioether (sulfide) groups is 1.